The minimum atomic E-state index is -0.0679. The standard InChI is InChI=1S/C19H26N4O3S/c1-23(2)18(24)13-21-19(20-10-9-15-6-5-11-27-15)22-14-7-8-16(25-3)17(12-14)26-4/h5-8,11-12H,9-10,13H2,1-4H3,(H2,20,21,22). The Bertz CT molecular complexity index is 760. The lowest BCUT2D eigenvalue weighted by Gasteiger charge is -2.15. The van der Waals surface area contributed by atoms with Crippen LogP contribution >= 0.6 is 11.3 Å². The van der Waals surface area contributed by atoms with Crippen LogP contribution in [0.4, 0.5) is 5.69 Å². The van der Waals surface area contributed by atoms with Crippen molar-refractivity contribution in [2.45, 2.75) is 6.42 Å². The molecule has 0 saturated carbocycles. The Morgan fingerprint density at radius 1 is 1.19 bits per heavy atom. The van der Waals surface area contributed by atoms with Crippen LogP contribution in [0.25, 0.3) is 0 Å². The van der Waals surface area contributed by atoms with E-state index < -0.39 is 0 Å². The molecule has 2 aromatic rings. The van der Waals surface area contributed by atoms with Crippen LogP contribution < -0.4 is 20.1 Å². The number of hydrogen-bond donors (Lipinski definition) is 2. The molecule has 1 aromatic carbocycles. The van der Waals surface area contributed by atoms with Crippen molar-refractivity contribution in [3.63, 3.8) is 0 Å². The quantitative estimate of drug-likeness (QED) is 0.535. The van der Waals surface area contributed by atoms with E-state index in [2.05, 4.69) is 27.1 Å². The monoisotopic (exact) mass is 390 g/mol. The van der Waals surface area contributed by atoms with Crippen LogP contribution in [0, 0.1) is 0 Å². The fraction of sp³-hybridized carbons (Fsp3) is 0.368. The third-order valence-corrected chi connectivity index (χ3v) is 4.70. The van der Waals surface area contributed by atoms with Crippen LogP contribution in [0.15, 0.2) is 40.7 Å². The minimum absolute atomic E-state index is 0.0641. The fourth-order valence-electron chi connectivity index (χ4n) is 2.24. The summed E-state index contributed by atoms with van der Waals surface area (Å²) < 4.78 is 10.6. The molecule has 0 atom stereocenters. The van der Waals surface area contributed by atoms with Gasteiger partial charge in [-0.25, -0.2) is 4.99 Å². The number of rotatable bonds is 8. The molecule has 8 heteroatoms. The van der Waals surface area contributed by atoms with Gasteiger partial charge in [0.05, 0.1) is 14.2 Å². The van der Waals surface area contributed by atoms with E-state index in [1.807, 2.05) is 24.3 Å². The molecule has 1 aromatic heterocycles. The zero-order chi connectivity index (χ0) is 19.6. The molecular weight excluding hydrogens is 364 g/mol. The van der Waals surface area contributed by atoms with E-state index in [1.54, 1.807) is 39.7 Å². The highest BCUT2D eigenvalue weighted by atomic mass is 32.1. The van der Waals surface area contributed by atoms with Gasteiger partial charge in [0.1, 0.15) is 6.54 Å². The number of nitrogens with one attached hydrogen (secondary N) is 2. The Balaban J connectivity index is 2.08. The lowest BCUT2D eigenvalue weighted by Crippen LogP contribution is -2.34. The first-order chi connectivity index (χ1) is 13.0. The smallest absolute Gasteiger partial charge is 0.243 e. The molecule has 2 rings (SSSR count). The summed E-state index contributed by atoms with van der Waals surface area (Å²) in [6.45, 7) is 0.768. The predicted octanol–water partition coefficient (Wildman–Crippen LogP) is 2.45. The number of likely N-dealkylation sites (N-methyl/N-ethyl adjacent to an activating group) is 1. The van der Waals surface area contributed by atoms with Crippen molar-refractivity contribution < 1.29 is 14.3 Å². The molecule has 2 N–H and O–H groups in total. The average Bonchev–Trinajstić information content (AvgIpc) is 3.18. The van der Waals surface area contributed by atoms with Gasteiger partial charge in [-0.2, -0.15) is 0 Å². The number of carbonyl (C=O) groups is 1. The second kappa shape index (κ2) is 10.4. The maximum atomic E-state index is 11.9. The number of carbonyl (C=O) groups excluding carboxylic acids is 1. The second-order valence-electron chi connectivity index (χ2n) is 5.90. The number of hydrogen-bond acceptors (Lipinski definition) is 5. The van der Waals surface area contributed by atoms with Crippen molar-refractivity contribution in [1.29, 1.82) is 0 Å². The van der Waals surface area contributed by atoms with E-state index in [4.69, 9.17) is 9.47 Å². The first-order valence-electron chi connectivity index (χ1n) is 8.53. The molecule has 7 nitrogen and oxygen atoms in total. The number of methoxy groups -OCH3 is 2. The topological polar surface area (TPSA) is 75.2 Å². The molecule has 146 valence electrons. The zero-order valence-corrected chi connectivity index (χ0v) is 16.9. The van der Waals surface area contributed by atoms with E-state index in [9.17, 15) is 4.79 Å². The van der Waals surface area contributed by atoms with Gasteiger partial charge in [0.15, 0.2) is 17.5 Å². The highest BCUT2D eigenvalue weighted by Crippen LogP contribution is 2.29. The normalized spacial score (nSPS) is 11.0. The van der Waals surface area contributed by atoms with E-state index in [0.717, 1.165) is 12.1 Å². The number of guanidine groups is 1. The molecule has 1 amide bonds. The Kier molecular flexibility index (Phi) is 7.94. The Labute approximate surface area is 164 Å². The summed E-state index contributed by atoms with van der Waals surface area (Å²) in [7, 11) is 6.61. The number of thiophene rings is 1. The Morgan fingerprint density at radius 2 is 1.96 bits per heavy atom. The molecule has 0 aliphatic carbocycles. The molecule has 0 saturated heterocycles. The number of nitrogens with zero attached hydrogens (tertiary/aromatic N) is 2. The first kappa shape index (κ1) is 20.6. The third-order valence-electron chi connectivity index (χ3n) is 3.76. The summed E-state index contributed by atoms with van der Waals surface area (Å²) in [5, 5.41) is 8.54. The molecule has 27 heavy (non-hydrogen) atoms. The van der Waals surface area contributed by atoms with Crippen molar-refractivity contribution in [2.24, 2.45) is 4.99 Å². The highest BCUT2D eigenvalue weighted by Gasteiger charge is 2.08. The van der Waals surface area contributed by atoms with E-state index in [0.29, 0.717) is 24.0 Å². The number of anilines is 1. The van der Waals surface area contributed by atoms with E-state index in [1.165, 1.54) is 9.78 Å². The van der Waals surface area contributed by atoms with Crippen LogP contribution in [0.3, 0.4) is 0 Å². The predicted molar refractivity (Wildman–Crippen MR) is 110 cm³/mol. The minimum Gasteiger partial charge on any atom is -0.493 e. The molecule has 0 spiro atoms. The van der Waals surface area contributed by atoms with Gasteiger partial charge in [0, 0.05) is 37.3 Å². The van der Waals surface area contributed by atoms with Gasteiger partial charge in [0.2, 0.25) is 5.91 Å². The first-order valence-corrected chi connectivity index (χ1v) is 9.41. The molecule has 0 aliphatic heterocycles. The maximum Gasteiger partial charge on any atom is 0.243 e. The number of benzene rings is 1. The molecular formula is C19H26N4O3S. The second-order valence-corrected chi connectivity index (χ2v) is 6.94. The van der Waals surface area contributed by atoms with Crippen molar-refractivity contribution in [3.05, 3.63) is 40.6 Å². The Morgan fingerprint density at radius 3 is 2.59 bits per heavy atom. The zero-order valence-electron chi connectivity index (χ0n) is 16.1. The van der Waals surface area contributed by atoms with Gasteiger partial charge in [0.25, 0.3) is 0 Å². The van der Waals surface area contributed by atoms with Gasteiger partial charge in [-0.1, -0.05) is 6.07 Å². The van der Waals surface area contributed by atoms with Gasteiger partial charge >= 0.3 is 0 Å². The van der Waals surface area contributed by atoms with E-state index in [-0.39, 0.29) is 12.5 Å². The lowest BCUT2D eigenvalue weighted by atomic mass is 10.2. The van der Waals surface area contributed by atoms with Crippen molar-refractivity contribution >= 4 is 28.9 Å². The SMILES string of the molecule is COc1ccc(NC(=NCC(=O)N(C)C)NCCc2cccs2)cc1OC. The molecule has 0 radical (unpaired) electrons. The number of amides is 1. The number of aliphatic imine (C=N–C) groups is 1. The van der Waals surface area contributed by atoms with Gasteiger partial charge in [-0.15, -0.1) is 11.3 Å². The summed E-state index contributed by atoms with van der Waals surface area (Å²) >= 11 is 1.72. The van der Waals surface area contributed by atoms with Gasteiger partial charge < -0.3 is 25.0 Å². The maximum absolute atomic E-state index is 11.9. The van der Waals surface area contributed by atoms with Gasteiger partial charge in [-0.3, -0.25) is 4.79 Å². The molecule has 0 unspecified atom stereocenters. The summed E-state index contributed by atoms with van der Waals surface area (Å²) in [4.78, 5) is 19.1. The van der Waals surface area contributed by atoms with Crippen molar-refractivity contribution in [3.8, 4) is 11.5 Å². The molecule has 0 bridgehead atoms. The Hall–Kier alpha value is -2.74. The van der Waals surface area contributed by atoms with Gasteiger partial charge in [-0.05, 0) is 30.0 Å². The van der Waals surface area contributed by atoms with E-state index >= 15 is 0 Å². The molecule has 0 fully saturated rings. The van der Waals surface area contributed by atoms with Crippen LogP contribution in [-0.2, 0) is 11.2 Å². The van der Waals surface area contributed by atoms with Crippen LogP contribution in [-0.4, -0.2) is 58.2 Å². The average molecular weight is 391 g/mol. The lowest BCUT2D eigenvalue weighted by molar-refractivity contribution is -0.127. The van der Waals surface area contributed by atoms with Crippen LogP contribution in [0.5, 0.6) is 11.5 Å². The summed E-state index contributed by atoms with van der Waals surface area (Å²) in [5.74, 6) is 1.73. The molecule has 0 aliphatic rings. The van der Waals surface area contributed by atoms with Crippen LogP contribution in [0.1, 0.15) is 4.88 Å². The van der Waals surface area contributed by atoms with Crippen LogP contribution in [0.2, 0.25) is 0 Å². The van der Waals surface area contributed by atoms with Crippen molar-refractivity contribution in [2.75, 3.05) is 46.7 Å². The highest BCUT2D eigenvalue weighted by molar-refractivity contribution is 7.09. The molecule has 1 heterocycles. The third kappa shape index (κ3) is 6.49. The summed E-state index contributed by atoms with van der Waals surface area (Å²) in [5.41, 5.74) is 0.785. The largest absolute Gasteiger partial charge is 0.493 e. The number of ether oxygens (including phenoxy) is 2. The van der Waals surface area contributed by atoms with Crippen molar-refractivity contribution in [1.82, 2.24) is 10.2 Å². The summed E-state index contributed by atoms with van der Waals surface area (Å²) in [6.07, 6.45) is 0.881. The summed E-state index contributed by atoms with van der Waals surface area (Å²) in [6, 6.07) is 9.64. The fourth-order valence-corrected chi connectivity index (χ4v) is 2.95.